The molecule has 4 N–H and O–H groups in total. The molecular weight excluding hydrogens is 490 g/mol. The molecule has 1 unspecified atom stereocenters. The number of nitrogens with one attached hydrogen (secondary N) is 2. The molecule has 0 saturated carbocycles. The lowest BCUT2D eigenvalue weighted by Gasteiger charge is -2.42. The van der Waals surface area contributed by atoms with E-state index in [-0.39, 0.29) is 25.0 Å². The quantitative estimate of drug-likeness (QED) is 0.368. The minimum Gasteiger partial charge on any atom is -0.466 e. The van der Waals surface area contributed by atoms with Gasteiger partial charge in [-0.05, 0) is 45.2 Å². The Hall–Kier alpha value is -3.24. The lowest BCUT2D eigenvalue weighted by atomic mass is 9.77. The number of nitrogens with two attached hydrogens (primary N) is 1. The summed E-state index contributed by atoms with van der Waals surface area (Å²) in [4.78, 5) is 49.4. The zero-order chi connectivity index (χ0) is 26.6. The molecule has 3 aromatic rings. The van der Waals surface area contributed by atoms with Crippen molar-refractivity contribution in [2.75, 3.05) is 19.7 Å². The van der Waals surface area contributed by atoms with E-state index in [1.54, 1.807) is 31.9 Å². The number of ether oxygens (including phenoxy) is 1. The third-order valence-corrected chi connectivity index (χ3v) is 7.64. The Balaban J connectivity index is 1.62. The van der Waals surface area contributed by atoms with Crippen LogP contribution in [0, 0.1) is 5.41 Å². The van der Waals surface area contributed by atoms with Gasteiger partial charge in [-0.1, -0.05) is 18.2 Å². The topological polar surface area (TPSA) is 130 Å². The van der Waals surface area contributed by atoms with Crippen molar-refractivity contribution < 1.29 is 19.1 Å². The Bertz CT molecular complexity index is 1250. The zero-order valence-corrected chi connectivity index (χ0v) is 22.4. The van der Waals surface area contributed by atoms with Crippen LogP contribution in [0.5, 0.6) is 0 Å². The van der Waals surface area contributed by atoms with Crippen molar-refractivity contribution >= 4 is 40.0 Å². The third kappa shape index (κ3) is 6.02. The molecule has 1 fully saturated rings. The molecule has 0 bridgehead atoms. The van der Waals surface area contributed by atoms with Crippen molar-refractivity contribution in [2.24, 2.45) is 11.1 Å². The first kappa shape index (κ1) is 26.8. The van der Waals surface area contributed by atoms with Crippen molar-refractivity contribution in [3.63, 3.8) is 0 Å². The van der Waals surface area contributed by atoms with E-state index in [1.165, 1.54) is 11.3 Å². The van der Waals surface area contributed by atoms with Crippen LogP contribution in [0.3, 0.4) is 0 Å². The van der Waals surface area contributed by atoms with Gasteiger partial charge in [0.1, 0.15) is 6.04 Å². The molecule has 1 aliphatic heterocycles. The smallest absolute Gasteiger partial charge is 0.314 e. The van der Waals surface area contributed by atoms with E-state index in [0.29, 0.717) is 32.2 Å². The second-order valence-corrected chi connectivity index (χ2v) is 11.3. The number of rotatable bonds is 9. The van der Waals surface area contributed by atoms with Gasteiger partial charge in [0.15, 0.2) is 0 Å². The largest absolute Gasteiger partial charge is 0.466 e. The van der Waals surface area contributed by atoms with E-state index in [9.17, 15) is 14.4 Å². The SMILES string of the molecule is CCOC(=O)C1(Cc2nccs2)CCCN(C(=O)[C@@H](Cc2c[nH]c3ccccc23)NC(=O)C(C)(C)N)C1. The summed E-state index contributed by atoms with van der Waals surface area (Å²) in [6.07, 6.45) is 5.53. The minimum atomic E-state index is -1.15. The molecule has 0 aliphatic carbocycles. The molecule has 10 heteroatoms. The molecule has 2 aromatic heterocycles. The maximum absolute atomic E-state index is 14.0. The lowest BCUT2D eigenvalue weighted by molar-refractivity contribution is -0.161. The standard InChI is InChI=1S/C27H35N5O4S/c1-4-36-25(35)27(15-22-29-11-13-37-22)10-7-12-32(17-27)23(33)21(31-24(34)26(2,3)28)14-18-16-30-20-9-6-5-8-19(18)20/h5-6,8-9,11,13,16,21,30H,4,7,10,12,14-15,17,28H2,1-3H3,(H,31,34)/t21-,27?/m1/s1. The average Bonchev–Trinajstić information content (AvgIpc) is 3.53. The molecule has 0 spiro atoms. The van der Waals surface area contributed by atoms with E-state index in [2.05, 4.69) is 15.3 Å². The molecule has 1 saturated heterocycles. The van der Waals surface area contributed by atoms with Gasteiger partial charge in [-0.15, -0.1) is 11.3 Å². The molecule has 4 rings (SSSR count). The fourth-order valence-corrected chi connectivity index (χ4v) is 5.66. The molecule has 2 atom stereocenters. The first-order valence-corrected chi connectivity index (χ1v) is 13.5. The molecular formula is C27H35N5O4S. The van der Waals surface area contributed by atoms with Crippen LogP contribution in [0.1, 0.15) is 44.2 Å². The number of para-hydroxylation sites is 1. The highest BCUT2D eigenvalue weighted by molar-refractivity contribution is 7.09. The van der Waals surface area contributed by atoms with Crippen LogP contribution < -0.4 is 11.1 Å². The predicted molar refractivity (Wildman–Crippen MR) is 143 cm³/mol. The molecule has 1 aliphatic rings. The number of nitrogens with zero attached hydrogens (tertiary/aromatic N) is 2. The maximum atomic E-state index is 14.0. The number of piperidine rings is 1. The van der Waals surface area contributed by atoms with E-state index in [0.717, 1.165) is 21.5 Å². The highest BCUT2D eigenvalue weighted by Crippen LogP contribution is 2.36. The van der Waals surface area contributed by atoms with Crippen LogP contribution in [0.15, 0.2) is 42.0 Å². The Morgan fingerprint density at radius 2 is 2.11 bits per heavy atom. The summed E-state index contributed by atoms with van der Waals surface area (Å²) >= 11 is 1.48. The normalized spacial score (nSPS) is 19.0. The van der Waals surface area contributed by atoms with E-state index < -0.39 is 22.9 Å². The van der Waals surface area contributed by atoms with Gasteiger partial charge in [0.2, 0.25) is 11.8 Å². The Morgan fingerprint density at radius 1 is 1.32 bits per heavy atom. The number of thiazole rings is 1. The molecule has 0 radical (unpaired) electrons. The van der Waals surface area contributed by atoms with Gasteiger partial charge < -0.3 is 25.7 Å². The van der Waals surface area contributed by atoms with Crippen LogP contribution >= 0.6 is 11.3 Å². The molecule has 37 heavy (non-hydrogen) atoms. The summed E-state index contributed by atoms with van der Waals surface area (Å²) < 4.78 is 5.47. The Kier molecular flexibility index (Phi) is 7.99. The third-order valence-electron chi connectivity index (χ3n) is 6.86. The number of carbonyl (C=O) groups excluding carboxylic acids is 3. The van der Waals surface area contributed by atoms with E-state index >= 15 is 0 Å². The summed E-state index contributed by atoms with van der Waals surface area (Å²) in [5, 5.41) is 6.59. The van der Waals surface area contributed by atoms with Crippen LogP contribution in [-0.2, 0) is 32.0 Å². The summed E-state index contributed by atoms with van der Waals surface area (Å²) in [6.45, 7) is 5.95. The first-order valence-electron chi connectivity index (χ1n) is 12.6. The molecule has 198 valence electrons. The van der Waals surface area contributed by atoms with Gasteiger partial charge in [-0.3, -0.25) is 14.4 Å². The number of hydrogen-bond donors (Lipinski definition) is 3. The number of H-pyrrole nitrogens is 1. The van der Waals surface area contributed by atoms with Crippen molar-refractivity contribution in [1.29, 1.82) is 0 Å². The number of likely N-dealkylation sites (tertiary alicyclic amines) is 1. The van der Waals surface area contributed by atoms with Crippen LogP contribution in [0.2, 0.25) is 0 Å². The maximum Gasteiger partial charge on any atom is 0.314 e. The number of hydrogen-bond acceptors (Lipinski definition) is 7. The number of aromatic amines is 1. The van der Waals surface area contributed by atoms with Gasteiger partial charge in [0, 0.05) is 54.6 Å². The Morgan fingerprint density at radius 3 is 2.81 bits per heavy atom. The van der Waals surface area contributed by atoms with Crippen LogP contribution in [0.4, 0.5) is 0 Å². The number of esters is 1. The number of amides is 2. The Labute approximate surface area is 220 Å². The van der Waals surface area contributed by atoms with E-state index in [1.807, 2.05) is 35.8 Å². The van der Waals surface area contributed by atoms with Gasteiger partial charge in [-0.25, -0.2) is 4.98 Å². The number of benzene rings is 1. The highest BCUT2D eigenvalue weighted by atomic mass is 32.1. The van der Waals surface area contributed by atoms with E-state index in [4.69, 9.17) is 10.5 Å². The van der Waals surface area contributed by atoms with Crippen molar-refractivity contribution in [2.45, 2.75) is 58.0 Å². The summed E-state index contributed by atoms with van der Waals surface area (Å²) in [5.74, 6) is -0.972. The highest BCUT2D eigenvalue weighted by Gasteiger charge is 2.46. The zero-order valence-electron chi connectivity index (χ0n) is 21.6. The second kappa shape index (κ2) is 11.0. The van der Waals surface area contributed by atoms with Crippen molar-refractivity contribution in [1.82, 2.24) is 20.2 Å². The molecule has 3 heterocycles. The van der Waals surface area contributed by atoms with Crippen molar-refractivity contribution in [3.8, 4) is 0 Å². The van der Waals surface area contributed by atoms with Crippen molar-refractivity contribution in [3.05, 3.63) is 52.6 Å². The molecule has 1 aromatic carbocycles. The number of fused-ring (bicyclic) bond motifs is 1. The predicted octanol–water partition coefficient (Wildman–Crippen LogP) is 2.80. The van der Waals surface area contributed by atoms with Gasteiger partial charge in [-0.2, -0.15) is 0 Å². The summed E-state index contributed by atoms with van der Waals surface area (Å²) in [5.41, 5.74) is 5.89. The van der Waals surface area contributed by atoms with Gasteiger partial charge >= 0.3 is 5.97 Å². The fourth-order valence-electron chi connectivity index (χ4n) is 4.90. The van der Waals surface area contributed by atoms with Crippen LogP contribution in [-0.4, -0.2) is 63.9 Å². The van der Waals surface area contributed by atoms with Gasteiger partial charge in [0.05, 0.1) is 22.6 Å². The first-order chi connectivity index (χ1) is 17.6. The molecule has 2 amide bonds. The number of carbonyl (C=O) groups is 3. The van der Waals surface area contributed by atoms with Crippen LogP contribution in [0.25, 0.3) is 10.9 Å². The number of aromatic nitrogens is 2. The fraction of sp³-hybridized carbons (Fsp3) is 0.481. The minimum absolute atomic E-state index is 0.205. The molecule has 9 nitrogen and oxygen atoms in total. The second-order valence-electron chi connectivity index (χ2n) is 10.3. The average molecular weight is 526 g/mol. The lowest BCUT2D eigenvalue weighted by Crippen LogP contribution is -2.59. The summed E-state index contributed by atoms with van der Waals surface area (Å²) in [7, 11) is 0. The van der Waals surface area contributed by atoms with Gasteiger partial charge in [0.25, 0.3) is 0 Å². The monoisotopic (exact) mass is 525 g/mol. The summed E-state index contributed by atoms with van der Waals surface area (Å²) in [6, 6.07) is 6.99.